The van der Waals surface area contributed by atoms with Gasteiger partial charge in [0.05, 0.1) is 4.58 Å². The van der Waals surface area contributed by atoms with Gasteiger partial charge in [0.2, 0.25) is 0 Å². The molecule has 0 aliphatic carbocycles. The first-order valence-electron chi connectivity index (χ1n) is 12.7. The Kier molecular flexibility index (Phi) is 14.3. The lowest BCUT2D eigenvalue weighted by atomic mass is 10.1. The van der Waals surface area contributed by atoms with E-state index in [9.17, 15) is 0 Å². The molecule has 4 heteroatoms. The molecule has 0 N–H and O–H groups in total. The highest BCUT2D eigenvalue weighted by atomic mass is 32.2. The zero-order chi connectivity index (χ0) is 23.8. The molecule has 0 heterocycles. The molecule has 1 unspecified atom stereocenters. The predicted molar refractivity (Wildman–Crippen MR) is 153 cm³/mol. The maximum Gasteiger partial charge on any atom is 0.189 e. The van der Waals surface area contributed by atoms with Crippen LogP contribution < -0.4 is 0 Å². The van der Waals surface area contributed by atoms with Gasteiger partial charge in [-0.2, -0.15) is 0 Å². The molecule has 2 aromatic carbocycles. The normalized spacial score (nSPS) is 12.7. The molecule has 0 aliphatic heterocycles. The molecule has 0 aromatic heterocycles. The van der Waals surface area contributed by atoms with Gasteiger partial charge in [0.25, 0.3) is 0 Å². The van der Waals surface area contributed by atoms with Gasteiger partial charge in [-0.25, -0.2) is 0 Å². The quantitative estimate of drug-likeness (QED) is 0.0662. The van der Waals surface area contributed by atoms with Crippen molar-refractivity contribution in [2.24, 2.45) is 0 Å². The molecule has 0 bridgehead atoms. The maximum atomic E-state index is 6.87. The summed E-state index contributed by atoms with van der Waals surface area (Å²) in [5.41, 5.74) is 0. The SMILES string of the molecule is C=CCC(CCCCCCCCC)O[Si](C)(C)CC(Sc1ccccc1)Sc1ccccc1. The Balaban J connectivity index is 1.93. The van der Waals surface area contributed by atoms with Crippen LogP contribution in [0.1, 0.15) is 64.7 Å². The van der Waals surface area contributed by atoms with Crippen molar-refractivity contribution in [1.29, 1.82) is 0 Å². The molecule has 0 saturated carbocycles. The summed E-state index contributed by atoms with van der Waals surface area (Å²) in [4.78, 5) is 2.67. The fourth-order valence-corrected chi connectivity index (χ4v) is 11.2. The monoisotopic (exact) mass is 500 g/mol. The third-order valence-corrected chi connectivity index (χ3v) is 11.2. The fourth-order valence-electron chi connectivity index (χ4n) is 4.05. The van der Waals surface area contributed by atoms with Gasteiger partial charge < -0.3 is 4.43 Å². The number of thioether (sulfide) groups is 2. The minimum Gasteiger partial charge on any atom is -0.414 e. The van der Waals surface area contributed by atoms with Crippen molar-refractivity contribution in [3.05, 3.63) is 73.3 Å². The topological polar surface area (TPSA) is 9.23 Å². The van der Waals surface area contributed by atoms with E-state index in [2.05, 4.69) is 87.3 Å². The molecule has 182 valence electrons. The van der Waals surface area contributed by atoms with Gasteiger partial charge in [0, 0.05) is 15.9 Å². The molecule has 1 nitrogen and oxygen atoms in total. The van der Waals surface area contributed by atoms with Gasteiger partial charge in [-0.3, -0.25) is 0 Å². The van der Waals surface area contributed by atoms with Gasteiger partial charge in [-0.05, 0) is 56.2 Å². The number of hydrogen-bond donors (Lipinski definition) is 0. The molecule has 2 rings (SSSR count). The van der Waals surface area contributed by atoms with Crippen LogP contribution in [0.3, 0.4) is 0 Å². The van der Waals surface area contributed by atoms with Crippen molar-refractivity contribution in [3.63, 3.8) is 0 Å². The number of unbranched alkanes of at least 4 members (excludes halogenated alkanes) is 6. The minimum absolute atomic E-state index is 0.323. The molecule has 0 amide bonds. The summed E-state index contributed by atoms with van der Waals surface area (Å²) >= 11 is 3.96. The Labute approximate surface area is 213 Å². The Morgan fingerprint density at radius 1 is 0.818 bits per heavy atom. The second-order valence-corrected chi connectivity index (χ2v) is 16.4. The van der Waals surface area contributed by atoms with E-state index in [1.807, 2.05) is 29.6 Å². The van der Waals surface area contributed by atoms with Crippen LogP contribution in [0.2, 0.25) is 19.1 Å². The number of benzene rings is 2. The van der Waals surface area contributed by atoms with Gasteiger partial charge in [0.1, 0.15) is 0 Å². The van der Waals surface area contributed by atoms with Crippen molar-refractivity contribution < 1.29 is 4.43 Å². The third-order valence-electron chi connectivity index (χ3n) is 5.72. The van der Waals surface area contributed by atoms with Crippen molar-refractivity contribution in [2.75, 3.05) is 0 Å². The van der Waals surface area contributed by atoms with Gasteiger partial charge in [-0.1, -0.05) is 94.3 Å². The molecule has 0 saturated heterocycles. The van der Waals surface area contributed by atoms with E-state index in [1.54, 1.807) is 0 Å². The Bertz CT molecular complexity index is 709. The van der Waals surface area contributed by atoms with Crippen LogP contribution in [0.25, 0.3) is 0 Å². The molecule has 1 atom stereocenters. The first-order valence-corrected chi connectivity index (χ1v) is 17.6. The highest BCUT2D eigenvalue weighted by molar-refractivity contribution is 8.17. The molecule has 0 aliphatic rings. The number of hydrogen-bond acceptors (Lipinski definition) is 3. The zero-order valence-corrected chi connectivity index (χ0v) is 23.6. The summed E-state index contributed by atoms with van der Waals surface area (Å²) in [6, 6.07) is 22.7. The second-order valence-electron chi connectivity index (χ2n) is 9.43. The summed E-state index contributed by atoms with van der Waals surface area (Å²) in [6.45, 7) is 11.1. The second kappa shape index (κ2) is 16.6. The van der Waals surface area contributed by atoms with Gasteiger partial charge >= 0.3 is 0 Å². The van der Waals surface area contributed by atoms with E-state index in [4.69, 9.17) is 4.43 Å². The highest BCUT2D eigenvalue weighted by Crippen LogP contribution is 2.40. The Hall–Kier alpha value is -0.943. The molecule has 0 radical (unpaired) electrons. The summed E-state index contributed by atoms with van der Waals surface area (Å²) in [5.74, 6) is 0. The number of rotatable bonds is 18. The molecular formula is C29H44OS2Si. The van der Waals surface area contributed by atoms with Crippen molar-refractivity contribution in [1.82, 2.24) is 0 Å². The van der Waals surface area contributed by atoms with Crippen LogP contribution in [0, 0.1) is 0 Å². The average molecular weight is 501 g/mol. The van der Waals surface area contributed by atoms with Crippen LogP contribution >= 0.6 is 23.5 Å². The average Bonchev–Trinajstić information content (AvgIpc) is 2.79. The lowest BCUT2D eigenvalue weighted by molar-refractivity contribution is 0.180. The van der Waals surface area contributed by atoms with E-state index in [1.165, 1.54) is 61.2 Å². The zero-order valence-electron chi connectivity index (χ0n) is 21.0. The largest absolute Gasteiger partial charge is 0.414 e. The van der Waals surface area contributed by atoms with Crippen LogP contribution in [0.15, 0.2) is 83.1 Å². The highest BCUT2D eigenvalue weighted by Gasteiger charge is 2.31. The lowest BCUT2D eigenvalue weighted by Gasteiger charge is -2.32. The maximum absolute atomic E-state index is 6.87. The smallest absolute Gasteiger partial charge is 0.189 e. The summed E-state index contributed by atoms with van der Waals surface area (Å²) in [6.07, 6.45) is 14.0. The lowest BCUT2D eigenvalue weighted by Crippen LogP contribution is -2.37. The van der Waals surface area contributed by atoms with Gasteiger partial charge in [-0.15, -0.1) is 30.1 Å². The molecule has 2 aromatic rings. The fraction of sp³-hybridized carbons (Fsp3) is 0.517. The molecular weight excluding hydrogens is 457 g/mol. The molecule has 0 spiro atoms. The van der Waals surface area contributed by atoms with E-state index in [-0.39, 0.29) is 0 Å². The first kappa shape index (κ1) is 28.3. The standard InChI is InChI=1S/C29H44OS2Si/c1-5-7-8-9-10-11-14-20-26(19-6-2)30-33(3,4)25-29(31-27-21-15-12-16-22-27)32-28-23-17-13-18-24-28/h6,12-13,15-18,21-24,26,29H,2,5,7-11,14,19-20,25H2,1,3-4H3. The summed E-state index contributed by atoms with van der Waals surface area (Å²) in [5, 5.41) is 0. The van der Waals surface area contributed by atoms with E-state index in [0.29, 0.717) is 10.7 Å². The summed E-state index contributed by atoms with van der Waals surface area (Å²) < 4.78 is 7.31. The van der Waals surface area contributed by atoms with Crippen LogP contribution in [0.4, 0.5) is 0 Å². The van der Waals surface area contributed by atoms with Gasteiger partial charge in [0.15, 0.2) is 8.32 Å². The molecule has 0 fully saturated rings. The van der Waals surface area contributed by atoms with Crippen molar-refractivity contribution in [2.45, 2.75) is 104 Å². The van der Waals surface area contributed by atoms with E-state index < -0.39 is 8.32 Å². The van der Waals surface area contributed by atoms with Crippen LogP contribution in [-0.4, -0.2) is 19.0 Å². The van der Waals surface area contributed by atoms with Crippen LogP contribution in [-0.2, 0) is 4.43 Å². The Morgan fingerprint density at radius 2 is 1.33 bits per heavy atom. The molecule has 33 heavy (non-hydrogen) atoms. The van der Waals surface area contributed by atoms with Crippen molar-refractivity contribution >= 4 is 31.8 Å². The minimum atomic E-state index is -1.85. The third kappa shape index (κ3) is 12.9. The van der Waals surface area contributed by atoms with Crippen LogP contribution in [0.5, 0.6) is 0 Å². The predicted octanol–water partition coefficient (Wildman–Crippen LogP) is 10.2. The van der Waals surface area contributed by atoms with E-state index in [0.717, 1.165) is 12.5 Å². The Morgan fingerprint density at radius 3 is 1.85 bits per heavy atom. The van der Waals surface area contributed by atoms with Crippen molar-refractivity contribution in [3.8, 4) is 0 Å². The summed E-state index contributed by atoms with van der Waals surface area (Å²) in [7, 11) is -1.85. The first-order chi connectivity index (χ1) is 16.0. The van der Waals surface area contributed by atoms with E-state index >= 15 is 0 Å².